The Morgan fingerprint density at radius 2 is 1.83 bits per heavy atom. The van der Waals surface area contributed by atoms with Crippen molar-refractivity contribution in [2.24, 2.45) is 0 Å². The highest BCUT2D eigenvalue weighted by atomic mass is 127. The molecule has 1 aliphatic heterocycles. The predicted octanol–water partition coefficient (Wildman–Crippen LogP) is 2.48. The molecule has 23 heavy (non-hydrogen) atoms. The van der Waals surface area contributed by atoms with Gasteiger partial charge in [0, 0.05) is 9.26 Å². The number of anilines is 1. The number of rotatable bonds is 3. The molecule has 1 saturated heterocycles. The molecule has 1 heterocycles. The zero-order valence-electron chi connectivity index (χ0n) is 12.6. The smallest absolute Gasteiger partial charge is 0.325 e. The van der Waals surface area contributed by atoms with Gasteiger partial charge >= 0.3 is 6.03 Å². The number of hydrogen-bond donors (Lipinski definition) is 2. The third-order valence-corrected chi connectivity index (χ3v) is 5.10. The molecule has 2 aliphatic rings. The van der Waals surface area contributed by atoms with Crippen LogP contribution in [0, 0.1) is 3.57 Å². The largest absolute Gasteiger partial charge is 0.325 e. The van der Waals surface area contributed by atoms with Crippen LogP contribution in [0.2, 0.25) is 0 Å². The highest BCUT2D eigenvalue weighted by Crippen LogP contribution is 2.33. The van der Waals surface area contributed by atoms with Crippen LogP contribution in [0.1, 0.15) is 32.1 Å². The molecule has 7 heteroatoms. The highest BCUT2D eigenvalue weighted by molar-refractivity contribution is 14.1. The number of imide groups is 1. The second kappa shape index (κ2) is 6.46. The first-order chi connectivity index (χ1) is 11.0. The van der Waals surface area contributed by atoms with Crippen LogP contribution < -0.4 is 10.6 Å². The first-order valence-electron chi connectivity index (χ1n) is 7.70. The van der Waals surface area contributed by atoms with Crippen molar-refractivity contribution in [3.8, 4) is 0 Å². The van der Waals surface area contributed by atoms with Gasteiger partial charge in [0.15, 0.2) is 0 Å². The minimum atomic E-state index is -0.779. The molecule has 0 unspecified atom stereocenters. The summed E-state index contributed by atoms with van der Waals surface area (Å²) in [6, 6.07) is 6.86. The molecule has 1 aliphatic carbocycles. The lowest BCUT2D eigenvalue weighted by molar-refractivity contribution is -0.134. The lowest BCUT2D eigenvalue weighted by Crippen LogP contribution is -2.48. The first-order valence-corrected chi connectivity index (χ1v) is 8.78. The topological polar surface area (TPSA) is 78.5 Å². The molecule has 1 spiro atoms. The van der Waals surface area contributed by atoms with Gasteiger partial charge in [0.05, 0.1) is 0 Å². The summed E-state index contributed by atoms with van der Waals surface area (Å²) in [6.07, 6.45) is 4.25. The van der Waals surface area contributed by atoms with Gasteiger partial charge in [-0.1, -0.05) is 19.3 Å². The Hall–Kier alpha value is -1.64. The number of amides is 4. The number of carbonyl (C=O) groups excluding carboxylic acids is 3. The number of nitrogens with one attached hydrogen (secondary N) is 2. The standard InChI is InChI=1S/C16H18IN3O3/c17-11-4-6-12(7-5-11)18-13(21)10-20-14(22)16(19-15(20)23)8-2-1-3-9-16/h4-7H,1-3,8-10H2,(H,18,21)(H,19,23). The quantitative estimate of drug-likeness (QED) is 0.575. The molecule has 0 atom stereocenters. The number of hydrogen-bond acceptors (Lipinski definition) is 3. The van der Waals surface area contributed by atoms with Gasteiger partial charge in [-0.2, -0.15) is 0 Å². The Kier molecular flexibility index (Phi) is 4.56. The Morgan fingerprint density at radius 1 is 1.17 bits per heavy atom. The van der Waals surface area contributed by atoms with Crippen molar-refractivity contribution in [1.29, 1.82) is 0 Å². The Bertz CT molecular complexity index is 638. The van der Waals surface area contributed by atoms with Gasteiger partial charge in [-0.25, -0.2) is 4.79 Å². The zero-order chi connectivity index (χ0) is 16.4. The first kappa shape index (κ1) is 16.2. The van der Waals surface area contributed by atoms with Crippen molar-refractivity contribution in [2.75, 3.05) is 11.9 Å². The van der Waals surface area contributed by atoms with E-state index in [0.717, 1.165) is 27.7 Å². The Labute approximate surface area is 148 Å². The van der Waals surface area contributed by atoms with Crippen molar-refractivity contribution >= 4 is 46.1 Å². The monoisotopic (exact) mass is 427 g/mol. The molecule has 6 nitrogen and oxygen atoms in total. The molecule has 0 aromatic heterocycles. The molecule has 1 aromatic carbocycles. The summed E-state index contributed by atoms with van der Waals surface area (Å²) in [5.74, 6) is -0.637. The van der Waals surface area contributed by atoms with E-state index in [9.17, 15) is 14.4 Å². The summed E-state index contributed by atoms with van der Waals surface area (Å²) in [4.78, 5) is 37.9. The number of benzene rings is 1. The molecular formula is C16H18IN3O3. The average Bonchev–Trinajstić information content (AvgIpc) is 2.75. The van der Waals surface area contributed by atoms with Crippen molar-refractivity contribution in [1.82, 2.24) is 10.2 Å². The van der Waals surface area contributed by atoms with Crippen LogP contribution in [0.3, 0.4) is 0 Å². The minimum Gasteiger partial charge on any atom is -0.325 e. The number of nitrogens with zero attached hydrogens (tertiary/aromatic N) is 1. The lowest BCUT2D eigenvalue weighted by atomic mass is 9.82. The Morgan fingerprint density at radius 3 is 2.48 bits per heavy atom. The van der Waals surface area contributed by atoms with Gasteiger partial charge in [0.1, 0.15) is 12.1 Å². The van der Waals surface area contributed by atoms with E-state index in [1.807, 2.05) is 12.1 Å². The van der Waals surface area contributed by atoms with Crippen molar-refractivity contribution in [3.63, 3.8) is 0 Å². The van der Waals surface area contributed by atoms with Gasteiger partial charge in [0.25, 0.3) is 5.91 Å². The molecule has 122 valence electrons. The van der Waals surface area contributed by atoms with Crippen LogP contribution in [-0.2, 0) is 9.59 Å². The molecule has 0 bridgehead atoms. The SMILES string of the molecule is O=C(CN1C(=O)NC2(CCCCC2)C1=O)Nc1ccc(I)cc1. The predicted molar refractivity (Wildman–Crippen MR) is 93.8 cm³/mol. The maximum atomic E-state index is 12.6. The van der Waals surface area contributed by atoms with Crippen molar-refractivity contribution in [3.05, 3.63) is 27.8 Å². The van der Waals surface area contributed by atoms with E-state index in [4.69, 9.17) is 0 Å². The van der Waals surface area contributed by atoms with E-state index in [1.54, 1.807) is 12.1 Å². The van der Waals surface area contributed by atoms with Crippen LogP contribution >= 0.6 is 22.6 Å². The maximum absolute atomic E-state index is 12.6. The van der Waals surface area contributed by atoms with Gasteiger partial charge in [-0.3, -0.25) is 14.5 Å². The molecular weight excluding hydrogens is 409 g/mol. The second-order valence-corrected chi connectivity index (χ2v) is 7.26. The fraction of sp³-hybridized carbons (Fsp3) is 0.438. The molecule has 2 fully saturated rings. The molecule has 3 rings (SSSR count). The summed E-state index contributed by atoms with van der Waals surface area (Å²) in [7, 11) is 0. The third kappa shape index (κ3) is 3.34. The van der Waals surface area contributed by atoms with Crippen molar-refractivity contribution in [2.45, 2.75) is 37.6 Å². The number of carbonyl (C=O) groups is 3. The fourth-order valence-corrected chi connectivity index (χ4v) is 3.55. The maximum Gasteiger partial charge on any atom is 0.325 e. The van der Waals surface area contributed by atoms with E-state index in [1.165, 1.54) is 0 Å². The number of halogens is 1. The molecule has 1 aromatic rings. The van der Waals surface area contributed by atoms with Crippen molar-refractivity contribution < 1.29 is 14.4 Å². The summed E-state index contributed by atoms with van der Waals surface area (Å²) in [5, 5.41) is 5.51. The molecule has 4 amide bonds. The summed E-state index contributed by atoms with van der Waals surface area (Å²) < 4.78 is 1.06. The Balaban J connectivity index is 1.65. The summed E-state index contributed by atoms with van der Waals surface area (Å²) in [6.45, 7) is -0.252. The van der Waals surface area contributed by atoms with E-state index < -0.39 is 11.6 Å². The van der Waals surface area contributed by atoms with Crippen LogP contribution in [0.5, 0.6) is 0 Å². The van der Waals surface area contributed by atoms with E-state index in [0.29, 0.717) is 18.5 Å². The lowest BCUT2D eigenvalue weighted by Gasteiger charge is -2.30. The fourth-order valence-electron chi connectivity index (χ4n) is 3.19. The van der Waals surface area contributed by atoms with Crippen LogP contribution in [0.25, 0.3) is 0 Å². The van der Waals surface area contributed by atoms with Crippen LogP contribution in [0.15, 0.2) is 24.3 Å². The molecule has 0 radical (unpaired) electrons. The molecule has 2 N–H and O–H groups in total. The second-order valence-electron chi connectivity index (χ2n) is 6.02. The normalized spacial score (nSPS) is 19.8. The number of urea groups is 1. The zero-order valence-corrected chi connectivity index (χ0v) is 14.8. The summed E-state index contributed by atoms with van der Waals surface area (Å²) in [5.41, 5.74) is -0.131. The van der Waals surface area contributed by atoms with Gasteiger partial charge in [0.2, 0.25) is 5.91 Å². The van der Waals surface area contributed by atoms with Crippen LogP contribution in [0.4, 0.5) is 10.5 Å². The minimum absolute atomic E-state index is 0.252. The van der Waals surface area contributed by atoms with Gasteiger partial charge < -0.3 is 10.6 Å². The van der Waals surface area contributed by atoms with E-state index in [2.05, 4.69) is 33.2 Å². The van der Waals surface area contributed by atoms with Gasteiger partial charge in [-0.05, 0) is 59.7 Å². The third-order valence-electron chi connectivity index (χ3n) is 4.38. The van der Waals surface area contributed by atoms with E-state index in [-0.39, 0.29) is 18.4 Å². The molecule has 1 saturated carbocycles. The summed E-state index contributed by atoms with van der Waals surface area (Å²) >= 11 is 2.18. The highest BCUT2D eigenvalue weighted by Gasteiger charge is 2.51. The van der Waals surface area contributed by atoms with Crippen LogP contribution in [-0.4, -0.2) is 34.8 Å². The van der Waals surface area contributed by atoms with E-state index >= 15 is 0 Å². The average molecular weight is 427 g/mol. The van der Waals surface area contributed by atoms with Gasteiger partial charge in [-0.15, -0.1) is 0 Å².